The van der Waals surface area contributed by atoms with Crippen LogP contribution < -0.4 is 10.5 Å². The first-order chi connectivity index (χ1) is 9.76. The fraction of sp³-hybridized carbons (Fsp3) is 0.400. The summed E-state index contributed by atoms with van der Waals surface area (Å²) in [6, 6.07) is 5.29. The first-order valence-electron chi connectivity index (χ1n) is 6.58. The van der Waals surface area contributed by atoms with E-state index in [9.17, 15) is 9.59 Å². The Bertz CT molecular complexity index is 625. The molecule has 0 aliphatic carbocycles. The van der Waals surface area contributed by atoms with Crippen molar-refractivity contribution in [3.05, 3.63) is 29.3 Å². The molecule has 0 spiro atoms. The lowest BCUT2D eigenvalue weighted by molar-refractivity contribution is -0.141. The second-order valence-electron chi connectivity index (χ2n) is 5.74. The van der Waals surface area contributed by atoms with Crippen LogP contribution in [0.15, 0.2) is 18.2 Å². The second kappa shape index (κ2) is 5.44. The molecular weight excluding hydrogens is 288 g/mol. The summed E-state index contributed by atoms with van der Waals surface area (Å²) in [6.07, 6.45) is 0.244. The molecule has 2 amide bonds. The van der Waals surface area contributed by atoms with Gasteiger partial charge >= 0.3 is 0 Å². The number of hydrogen-bond acceptors (Lipinski definition) is 4. The number of thiocarbonyl (C=S) groups is 1. The van der Waals surface area contributed by atoms with Crippen molar-refractivity contribution in [2.24, 2.45) is 11.1 Å². The van der Waals surface area contributed by atoms with Gasteiger partial charge in [0, 0.05) is 6.42 Å². The summed E-state index contributed by atoms with van der Waals surface area (Å²) in [4.78, 5) is 25.7. The Hall–Kier alpha value is -1.95. The number of benzene rings is 1. The summed E-state index contributed by atoms with van der Waals surface area (Å²) in [6.45, 7) is 3.79. The molecule has 2 rings (SSSR count). The highest BCUT2D eigenvalue weighted by molar-refractivity contribution is 7.80. The molecule has 1 aliphatic heterocycles. The molecule has 2 N–H and O–H groups in total. The maximum absolute atomic E-state index is 12.2. The van der Waals surface area contributed by atoms with Crippen molar-refractivity contribution >= 4 is 29.0 Å². The zero-order valence-corrected chi connectivity index (χ0v) is 13.1. The zero-order valence-electron chi connectivity index (χ0n) is 12.3. The quantitative estimate of drug-likeness (QED) is 0.676. The number of carbonyl (C=O) groups excluding carboxylic acids is 2. The predicted octanol–water partition coefficient (Wildman–Crippen LogP) is 1.61. The number of amides is 2. The lowest BCUT2D eigenvalue weighted by atomic mass is 9.92. The van der Waals surface area contributed by atoms with Gasteiger partial charge in [0.25, 0.3) is 0 Å². The van der Waals surface area contributed by atoms with Gasteiger partial charge in [-0.1, -0.05) is 32.1 Å². The number of ether oxygens (including phenoxy) is 1. The van der Waals surface area contributed by atoms with Gasteiger partial charge in [0.15, 0.2) is 0 Å². The number of nitrogens with two attached hydrogens (primary N) is 1. The molecule has 0 unspecified atom stereocenters. The van der Waals surface area contributed by atoms with Gasteiger partial charge in [0.05, 0.1) is 24.6 Å². The van der Waals surface area contributed by atoms with E-state index in [0.717, 1.165) is 5.56 Å². The number of nitrogens with zero attached hydrogens (tertiary/aromatic N) is 1. The molecular formula is C15H18N2O3S. The van der Waals surface area contributed by atoms with Gasteiger partial charge in [-0.25, -0.2) is 0 Å². The van der Waals surface area contributed by atoms with Gasteiger partial charge in [-0.2, -0.15) is 0 Å². The zero-order chi connectivity index (χ0) is 15.8. The first kappa shape index (κ1) is 15.4. The van der Waals surface area contributed by atoms with Crippen LogP contribution in [0.1, 0.15) is 31.4 Å². The van der Waals surface area contributed by atoms with E-state index in [0.29, 0.717) is 11.3 Å². The minimum Gasteiger partial charge on any atom is -0.496 e. The van der Waals surface area contributed by atoms with Crippen molar-refractivity contribution < 1.29 is 14.3 Å². The molecule has 1 aliphatic rings. The number of likely N-dealkylation sites (tertiary alicyclic amines) is 1. The number of rotatable bonds is 4. The van der Waals surface area contributed by atoms with Gasteiger partial charge in [0.1, 0.15) is 10.7 Å². The van der Waals surface area contributed by atoms with Crippen LogP contribution in [0.4, 0.5) is 0 Å². The molecule has 5 nitrogen and oxygen atoms in total. The number of carbonyl (C=O) groups is 2. The minimum absolute atomic E-state index is 0.148. The van der Waals surface area contributed by atoms with E-state index < -0.39 is 5.41 Å². The molecule has 1 saturated heterocycles. The van der Waals surface area contributed by atoms with E-state index in [4.69, 9.17) is 22.7 Å². The third kappa shape index (κ3) is 2.90. The van der Waals surface area contributed by atoms with E-state index in [2.05, 4.69) is 0 Å². The minimum atomic E-state index is -0.625. The Morgan fingerprint density at radius 2 is 2.10 bits per heavy atom. The molecule has 0 atom stereocenters. The summed E-state index contributed by atoms with van der Waals surface area (Å²) < 4.78 is 5.25. The van der Waals surface area contributed by atoms with Crippen LogP contribution in [0, 0.1) is 5.41 Å². The van der Waals surface area contributed by atoms with Crippen LogP contribution in [-0.2, 0) is 16.1 Å². The lowest BCUT2D eigenvalue weighted by Crippen LogP contribution is -2.32. The largest absolute Gasteiger partial charge is 0.496 e. The number of imide groups is 1. The van der Waals surface area contributed by atoms with E-state index in [1.807, 2.05) is 0 Å². The number of hydrogen-bond donors (Lipinski definition) is 1. The predicted molar refractivity (Wildman–Crippen MR) is 82.8 cm³/mol. The topological polar surface area (TPSA) is 72.6 Å². The fourth-order valence-corrected chi connectivity index (χ4v) is 2.58. The summed E-state index contributed by atoms with van der Waals surface area (Å²) in [5, 5.41) is 0. The second-order valence-corrected chi connectivity index (χ2v) is 6.18. The molecule has 1 fully saturated rings. The van der Waals surface area contributed by atoms with E-state index in [1.54, 1.807) is 32.0 Å². The Labute approximate surface area is 129 Å². The SMILES string of the molecule is COc1cc(CN2C(=O)CC(C)(C)C2=O)ccc1C(N)=S. The molecule has 21 heavy (non-hydrogen) atoms. The molecule has 0 bridgehead atoms. The van der Waals surface area contributed by atoms with Crippen LogP contribution in [0.5, 0.6) is 5.75 Å². The fourth-order valence-electron chi connectivity index (χ4n) is 2.41. The molecule has 1 heterocycles. The molecule has 0 radical (unpaired) electrons. The van der Waals surface area contributed by atoms with Gasteiger partial charge in [0.2, 0.25) is 11.8 Å². The van der Waals surface area contributed by atoms with Crippen LogP contribution in [0.2, 0.25) is 0 Å². The summed E-state index contributed by atoms with van der Waals surface area (Å²) >= 11 is 4.95. The summed E-state index contributed by atoms with van der Waals surface area (Å²) in [5.41, 5.74) is 6.42. The Morgan fingerprint density at radius 3 is 2.57 bits per heavy atom. The van der Waals surface area contributed by atoms with Crippen molar-refractivity contribution in [1.29, 1.82) is 0 Å². The van der Waals surface area contributed by atoms with Crippen LogP contribution in [0.3, 0.4) is 0 Å². The Balaban J connectivity index is 2.27. The van der Waals surface area contributed by atoms with Crippen LogP contribution >= 0.6 is 12.2 Å². The van der Waals surface area contributed by atoms with Gasteiger partial charge in [-0.3, -0.25) is 14.5 Å². The molecule has 0 saturated carbocycles. The Morgan fingerprint density at radius 1 is 1.43 bits per heavy atom. The standard InChI is InChI=1S/C15H18N2O3S/c1-15(2)7-12(18)17(14(15)19)8-9-4-5-10(13(16)21)11(6-9)20-3/h4-6H,7-8H2,1-3H3,(H2,16,21). The normalized spacial score (nSPS) is 17.2. The summed E-state index contributed by atoms with van der Waals surface area (Å²) in [5.74, 6) is 0.241. The van der Waals surface area contributed by atoms with Crippen molar-refractivity contribution in [3.8, 4) is 5.75 Å². The maximum Gasteiger partial charge on any atom is 0.235 e. The van der Waals surface area contributed by atoms with Crippen LogP contribution in [0.25, 0.3) is 0 Å². The average molecular weight is 306 g/mol. The highest BCUT2D eigenvalue weighted by Gasteiger charge is 2.44. The van der Waals surface area contributed by atoms with Crippen LogP contribution in [-0.4, -0.2) is 28.8 Å². The highest BCUT2D eigenvalue weighted by Crippen LogP contribution is 2.33. The molecule has 0 aromatic heterocycles. The smallest absolute Gasteiger partial charge is 0.235 e. The molecule has 1 aromatic carbocycles. The monoisotopic (exact) mass is 306 g/mol. The average Bonchev–Trinajstić information content (AvgIpc) is 2.60. The van der Waals surface area contributed by atoms with Crippen molar-refractivity contribution in [2.75, 3.05) is 7.11 Å². The molecule has 6 heteroatoms. The van der Waals surface area contributed by atoms with Crippen molar-refractivity contribution in [3.63, 3.8) is 0 Å². The van der Waals surface area contributed by atoms with Gasteiger partial charge in [-0.05, 0) is 17.7 Å². The van der Waals surface area contributed by atoms with E-state index in [1.165, 1.54) is 12.0 Å². The third-order valence-corrected chi connectivity index (χ3v) is 3.81. The molecule has 1 aromatic rings. The molecule has 112 valence electrons. The Kier molecular flexibility index (Phi) is 4.00. The third-order valence-electron chi connectivity index (χ3n) is 3.59. The van der Waals surface area contributed by atoms with Crippen molar-refractivity contribution in [2.45, 2.75) is 26.8 Å². The van der Waals surface area contributed by atoms with E-state index in [-0.39, 0.29) is 29.8 Å². The lowest BCUT2D eigenvalue weighted by Gasteiger charge is -2.18. The van der Waals surface area contributed by atoms with Gasteiger partial charge in [-0.15, -0.1) is 0 Å². The number of methoxy groups -OCH3 is 1. The maximum atomic E-state index is 12.2. The first-order valence-corrected chi connectivity index (χ1v) is 6.98. The van der Waals surface area contributed by atoms with Crippen molar-refractivity contribution in [1.82, 2.24) is 4.90 Å². The summed E-state index contributed by atoms with van der Waals surface area (Å²) in [7, 11) is 1.52. The highest BCUT2D eigenvalue weighted by atomic mass is 32.1. The van der Waals surface area contributed by atoms with E-state index >= 15 is 0 Å². The van der Waals surface area contributed by atoms with Gasteiger partial charge < -0.3 is 10.5 Å².